The molecular weight excluding hydrogens is 432 g/mol. The van der Waals surface area contributed by atoms with Gasteiger partial charge in [0.25, 0.3) is 5.91 Å². The number of esters is 1. The Bertz CT molecular complexity index is 1100. The molecule has 2 aliphatic rings. The standard InChI is InChI=1S/C22H24N4O5S/c1-12(2)18-17(21(30)31-3)24-22(32-18)23-16(27)11-26-14-8-5-4-7-13(14)19(28)25-10-6-9-15(25)20(26)29/h4-5,7-8,12,15H,6,9-11H2,1-3H3,(H,23,24,27). The molecule has 3 amide bonds. The second-order valence-corrected chi connectivity index (χ2v) is 9.06. The summed E-state index contributed by atoms with van der Waals surface area (Å²) in [4.78, 5) is 59.1. The van der Waals surface area contributed by atoms with Gasteiger partial charge in [-0.1, -0.05) is 26.0 Å². The first-order valence-electron chi connectivity index (χ1n) is 10.4. The van der Waals surface area contributed by atoms with Crippen LogP contribution in [0.5, 0.6) is 0 Å². The SMILES string of the molecule is COC(=O)c1nc(NC(=O)CN2C(=O)C3CCCN3C(=O)c3ccccc32)sc1C(C)C. The van der Waals surface area contributed by atoms with Crippen LogP contribution in [0.4, 0.5) is 10.8 Å². The quantitative estimate of drug-likeness (QED) is 0.693. The van der Waals surface area contributed by atoms with Crippen molar-refractivity contribution in [3.8, 4) is 0 Å². The smallest absolute Gasteiger partial charge is 0.357 e. The van der Waals surface area contributed by atoms with Gasteiger partial charge < -0.3 is 19.9 Å². The Morgan fingerprint density at radius 1 is 1.28 bits per heavy atom. The van der Waals surface area contributed by atoms with E-state index in [1.165, 1.54) is 23.3 Å². The summed E-state index contributed by atoms with van der Waals surface area (Å²) in [5.41, 5.74) is 0.998. The Morgan fingerprint density at radius 2 is 2.03 bits per heavy atom. The second kappa shape index (κ2) is 8.70. The number of para-hydroxylation sites is 1. The van der Waals surface area contributed by atoms with Gasteiger partial charge in [0, 0.05) is 11.4 Å². The van der Waals surface area contributed by atoms with Gasteiger partial charge in [-0.2, -0.15) is 0 Å². The molecule has 1 unspecified atom stereocenters. The number of benzene rings is 1. The number of hydrogen-bond donors (Lipinski definition) is 1. The Hall–Kier alpha value is -3.27. The molecule has 1 saturated heterocycles. The Balaban J connectivity index is 1.60. The number of rotatable bonds is 5. The summed E-state index contributed by atoms with van der Waals surface area (Å²) in [7, 11) is 1.28. The van der Waals surface area contributed by atoms with Crippen LogP contribution in [0.15, 0.2) is 24.3 Å². The minimum atomic E-state index is -0.568. The predicted molar refractivity (Wildman–Crippen MR) is 119 cm³/mol. The molecule has 2 aromatic rings. The summed E-state index contributed by atoms with van der Waals surface area (Å²) >= 11 is 1.20. The molecule has 0 radical (unpaired) electrons. The van der Waals surface area contributed by atoms with Crippen molar-refractivity contribution in [2.75, 3.05) is 30.4 Å². The van der Waals surface area contributed by atoms with Crippen LogP contribution in [0.25, 0.3) is 0 Å². The first kappa shape index (κ1) is 21.9. The lowest BCUT2D eigenvalue weighted by molar-refractivity contribution is -0.124. The molecule has 9 nitrogen and oxygen atoms in total. The predicted octanol–water partition coefficient (Wildman–Crippen LogP) is 2.64. The van der Waals surface area contributed by atoms with Crippen LogP contribution in [0.1, 0.15) is 58.3 Å². The van der Waals surface area contributed by atoms with Gasteiger partial charge in [0.05, 0.1) is 18.4 Å². The van der Waals surface area contributed by atoms with Gasteiger partial charge in [0.2, 0.25) is 11.8 Å². The zero-order valence-electron chi connectivity index (χ0n) is 18.1. The second-order valence-electron chi connectivity index (χ2n) is 8.02. The van der Waals surface area contributed by atoms with Crippen LogP contribution >= 0.6 is 11.3 Å². The Labute approximate surface area is 189 Å². The minimum absolute atomic E-state index is 0.0191. The molecule has 0 aliphatic carbocycles. The first-order valence-corrected chi connectivity index (χ1v) is 11.2. The number of ether oxygens (including phenoxy) is 1. The fourth-order valence-electron chi connectivity index (χ4n) is 4.09. The van der Waals surface area contributed by atoms with Gasteiger partial charge in [-0.05, 0) is 30.9 Å². The average Bonchev–Trinajstić information content (AvgIpc) is 3.42. The molecule has 0 saturated carbocycles. The minimum Gasteiger partial charge on any atom is -0.464 e. The van der Waals surface area contributed by atoms with Crippen LogP contribution in [0.2, 0.25) is 0 Å². The number of carbonyl (C=O) groups excluding carboxylic acids is 4. The number of thiazole rings is 1. The maximum atomic E-state index is 13.3. The number of fused-ring (bicyclic) bond motifs is 2. The van der Waals surface area contributed by atoms with E-state index >= 15 is 0 Å². The van der Waals surface area contributed by atoms with E-state index in [0.29, 0.717) is 29.1 Å². The number of hydrogen-bond acceptors (Lipinski definition) is 7. The molecular formula is C22H24N4O5S. The van der Waals surface area contributed by atoms with Crippen molar-refractivity contribution in [1.82, 2.24) is 9.88 Å². The molecule has 1 aromatic carbocycles. The largest absolute Gasteiger partial charge is 0.464 e. The van der Waals surface area contributed by atoms with Crippen molar-refractivity contribution in [3.05, 3.63) is 40.4 Å². The fourth-order valence-corrected chi connectivity index (χ4v) is 5.07. The number of methoxy groups -OCH3 is 1. The van der Waals surface area contributed by atoms with Crippen molar-refractivity contribution < 1.29 is 23.9 Å². The highest BCUT2D eigenvalue weighted by atomic mass is 32.1. The third kappa shape index (κ3) is 3.86. The van der Waals surface area contributed by atoms with E-state index < -0.39 is 17.9 Å². The van der Waals surface area contributed by atoms with Gasteiger partial charge in [0.1, 0.15) is 12.6 Å². The molecule has 10 heteroatoms. The third-order valence-electron chi connectivity index (χ3n) is 5.59. The molecule has 0 bridgehead atoms. The lowest BCUT2D eigenvalue weighted by Crippen LogP contribution is -2.47. The normalized spacial score (nSPS) is 17.8. The van der Waals surface area contributed by atoms with Gasteiger partial charge in [-0.25, -0.2) is 9.78 Å². The highest BCUT2D eigenvalue weighted by molar-refractivity contribution is 7.16. The van der Waals surface area contributed by atoms with Crippen molar-refractivity contribution in [3.63, 3.8) is 0 Å². The number of nitrogens with zero attached hydrogens (tertiary/aromatic N) is 3. The number of carbonyl (C=O) groups is 4. The van der Waals surface area contributed by atoms with E-state index in [1.54, 1.807) is 29.2 Å². The number of nitrogens with one attached hydrogen (secondary N) is 1. The fraction of sp³-hybridized carbons (Fsp3) is 0.409. The third-order valence-corrected chi connectivity index (χ3v) is 6.87. The van der Waals surface area contributed by atoms with Crippen LogP contribution in [-0.2, 0) is 14.3 Å². The summed E-state index contributed by atoms with van der Waals surface area (Å²) in [6.07, 6.45) is 1.32. The number of aromatic nitrogens is 1. The van der Waals surface area contributed by atoms with Gasteiger partial charge in [-0.15, -0.1) is 11.3 Å². The molecule has 0 spiro atoms. The lowest BCUT2D eigenvalue weighted by atomic mass is 10.1. The highest BCUT2D eigenvalue weighted by Crippen LogP contribution is 2.33. The van der Waals surface area contributed by atoms with E-state index in [0.717, 1.165) is 6.42 Å². The molecule has 3 heterocycles. The Morgan fingerprint density at radius 3 is 2.75 bits per heavy atom. The Kier molecular flexibility index (Phi) is 5.96. The van der Waals surface area contributed by atoms with Crippen LogP contribution < -0.4 is 10.2 Å². The summed E-state index contributed by atoms with van der Waals surface area (Å²) in [5, 5.41) is 2.95. The lowest BCUT2D eigenvalue weighted by Gasteiger charge is -2.25. The zero-order valence-corrected chi connectivity index (χ0v) is 18.9. The van der Waals surface area contributed by atoms with Crippen LogP contribution in [0.3, 0.4) is 0 Å². The summed E-state index contributed by atoms with van der Waals surface area (Å²) in [6, 6.07) is 6.26. The topological polar surface area (TPSA) is 109 Å². The molecule has 1 atom stereocenters. The van der Waals surface area contributed by atoms with Gasteiger partial charge in [-0.3, -0.25) is 14.4 Å². The number of amides is 3. The van der Waals surface area contributed by atoms with Crippen molar-refractivity contribution >= 4 is 45.8 Å². The molecule has 1 N–H and O–H groups in total. The molecule has 1 fully saturated rings. The maximum Gasteiger partial charge on any atom is 0.357 e. The summed E-state index contributed by atoms with van der Waals surface area (Å²) < 4.78 is 4.79. The van der Waals surface area contributed by atoms with Crippen molar-refractivity contribution in [2.45, 2.75) is 38.6 Å². The monoisotopic (exact) mass is 456 g/mol. The summed E-state index contributed by atoms with van der Waals surface area (Å²) in [5.74, 6) is -1.48. The highest BCUT2D eigenvalue weighted by Gasteiger charge is 2.42. The molecule has 1 aromatic heterocycles. The van der Waals surface area contributed by atoms with Gasteiger partial charge in [0.15, 0.2) is 10.8 Å². The molecule has 32 heavy (non-hydrogen) atoms. The van der Waals surface area contributed by atoms with E-state index in [-0.39, 0.29) is 35.1 Å². The molecule has 2 aliphatic heterocycles. The molecule has 4 rings (SSSR count). The van der Waals surface area contributed by atoms with E-state index in [4.69, 9.17) is 4.74 Å². The van der Waals surface area contributed by atoms with Crippen LogP contribution in [-0.4, -0.2) is 59.8 Å². The summed E-state index contributed by atoms with van der Waals surface area (Å²) in [6.45, 7) is 4.10. The van der Waals surface area contributed by atoms with Gasteiger partial charge >= 0.3 is 5.97 Å². The number of anilines is 2. The van der Waals surface area contributed by atoms with E-state index in [1.807, 2.05) is 13.8 Å². The van der Waals surface area contributed by atoms with E-state index in [2.05, 4.69) is 10.3 Å². The van der Waals surface area contributed by atoms with Crippen molar-refractivity contribution in [1.29, 1.82) is 0 Å². The molecule has 168 valence electrons. The average molecular weight is 457 g/mol. The first-order chi connectivity index (χ1) is 15.3. The van der Waals surface area contributed by atoms with Crippen molar-refractivity contribution in [2.24, 2.45) is 0 Å². The maximum absolute atomic E-state index is 13.3. The van der Waals surface area contributed by atoms with E-state index in [9.17, 15) is 19.2 Å². The van der Waals surface area contributed by atoms with Crippen LogP contribution in [0, 0.1) is 0 Å². The zero-order chi connectivity index (χ0) is 23.0.